The van der Waals surface area contributed by atoms with Gasteiger partial charge >= 0.3 is 5.97 Å². The lowest BCUT2D eigenvalue weighted by Gasteiger charge is -2.47. The fourth-order valence-electron chi connectivity index (χ4n) is 5.81. The standard InChI is InChI=1S/C28H35F2N5O4/c1-17-13-23(39-2)20(18-5-11-32-25(17)18)16-35-12-8-28(6-9-29,7-10-30)14-22(35)19-3-4-21(27(37)38)34-26(19)33-15-24(31)36/h3-5,11,13,22,32H,6-10,12,14-16H2,1-2H3,(H2,31,36)(H,33,34)(H,37,38)/t22-/m1/s1. The molecule has 210 valence electrons. The molecule has 3 heterocycles. The minimum atomic E-state index is -1.22. The Balaban J connectivity index is 1.82. The number of piperidine rings is 1. The number of aromatic nitrogens is 2. The van der Waals surface area contributed by atoms with Crippen LogP contribution < -0.4 is 15.8 Å². The van der Waals surface area contributed by atoms with Crippen LogP contribution in [0.2, 0.25) is 0 Å². The van der Waals surface area contributed by atoms with Crippen molar-refractivity contribution in [1.82, 2.24) is 14.9 Å². The number of carbonyl (C=O) groups excluding carboxylic acids is 1. The fourth-order valence-corrected chi connectivity index (χ4v) is 5.81. The van der Waals surface area contributed by atoms with Crippen molar-refractivity contribution < 1.29 is 28.2 Å². The first-order chi connectivity index (χ1) is 18.7. The van der Waals surface area contributed by atoms with E-state index in [1.165, 1.54) is 6.07 Å². The Morgan fingerprint density at radius 2 is 2.03 bits per heavy atom. The summed E-state index contributed by atoms with van der Waals surface area (Å²) in [4.78, 5) is 33.0. The molecule has 3 aromatic rings. The highest BCUT2D eigenvalue weighted by Crippen LogP contribution is 2.49. The summed E-state index contributed by atoms with van der Waals surface area (Å²) in [7, 11) is 1.62. The number of rotatable bonds is 12. The second kappa shape index (κ2) is 12.0. The van der Waals surface area contributed by atoms with E-state index >= 15 is 0 Å². The molecule has 0 aliphatic carbocycles. The van der Waals surface area contributed by atoms with Gasteiger partial charge in [-0.2, -0.15) is 0 Å². The lowest BCUT2D eigenvalue weighted by Crippen LogP contribution is -2.43. The van der Waals surface area contributed by atoms with Crippen molar-refractivity contribution in [3.05, 3.63) is 52.8 Å². The normalized spacial score (nSPS) is 17.3. The molecule has 4 rings (SSSR count). The fraction of sp³-hybridized carbons (Fsp3) is 0.464. The monoisotopic (exact) mass is 543 g/mol. The maximum atomic E-state index is 13.7. The number of carboxylic acids is 1. The number of aromatic amines is 1. The number of aryl methyl sites for hydroxylation is 1. The van der Waals surface area contributed by atoms with Crippen molar-refractivity contribution in [2.45, 2.75) is 45.2 Å². The maximum absolute atomic E-state index is 13.7. The predicted octanol–water partition coefficient (Wildman–Crippen LogP) is 4.52. The average Bonchev–Trinajstić information content (AvgIpc) is 3.41. The van der Waals surface area contributed by atoms with Gasteiger partial charge < -0.3 is 25.9 Å². The van der Waals surface area contributed by atoms with Crippen molar-refractivity contribution in [3.63, 3.8) is 0 Å². The van der Waals surface area contributed by atoms with Gasteiger partial charge in [0.25, 0.3) is 0 Å². The summed E-state index contributed by atoms with van der Waals surface area (Å²) in [6.07, 6.45) is 3.36. The Hall–Kier alpha value is -3.73. The van der Waals surface area contributed by atoms with E-state index in [2.05, 4.69) is 20.2 Å². The van der Waals surface area contributed by atoms with Gasteiger partial charge in [-0.05, 0) is 68.3 Å². The first-order valence-electron chi connectivity index (χ1n) is 13.0. The van der Waals surface area contributed by atoms with Crippen LogP contribution in [0, 0.1) is 12.3 Å². The number of methoxy groups -OCH3 is 1. The number of primary amides is 1. The first kappa shape index (κ1) is 28.3. The lowest BCUT2D eigenvalue weighted by atomic mass is 9.70. The third-order valence-corrected chi connectivity index (χ3v) is 7.87. The number of halogens is 2. The molecule has 1 fully saturated rings. The molecule has 1 saturated heterocycles. The van der Waals surface area contributed by atoms with Gasteiger partial charge in [0, 0.05) is 40.8 Å². The highest BCUT2D eigenvalue weighted by Gasteiger charge is 2.41. The van der Waals surface area contributed by atoms with E-state index in [-0.39, 0.29) is 36.9 Å². The number of nitrogens with one attached hydrogen (secondary N) is 2. The van der Waals surface area contributed by atoms with Crippen LogP contribution >= 0.6 is 0 Å². The molecule has 39 heavy (non-hydrogen) atoms. The van der Waals surface area contributed by atoms with Crippen LogP contribution in [0.1, 0.15) is 58.9 Å². The quantitative estimate of drug-likeness (QED) is 0.264. The summed E-state index contributed by atoms with van der Waals surface area (Å²) in [6, 6.07) is 6.67. The van der Waals surface area contributed by atoms with E-state index in [1.54, 1.807) is 13.2 Å². The third-order valence-electron chi connectivity index (χ3n) is 7.87. The van der Waals surface area contributed by atoms with Gasteiger partial charge in [-0.3, -0.25) is 18.5 Å². The number of nitrogens with zero attached hydrogens (tertiary/aromatic N) is 2. The summed E-state index contributed by atoms with van der Waals surface area (Å²) in [5.74, 6) is -0.906. The molecule has 1 aliphatic heterocycles. The second-order valence-corrected chi connectivity index (χ2v) is 10.2. The Kier molecular flexibility index (Phi) is 8.69. The summed E-state index contributed by atoms with van der Waals surface area (Å²) in [5.41, 5.74) is 8.23. The molecule has 1 atom stereocenters. The zero-order valence-electron chi connectivity index (χ0n) is 22.2. The topological polar surface area (TPSA) is 134 Å². The van der Waals surface area contributed by atoms with Gasteiger partial charge in [-0.1, -0.05) is 6.07 Å². The molecule has 2 aromatic heterocycles. The molecule has 9 nitrogen and oxygen atoms in total. The number of pyridine rings is 1. The molecule has 0 unspecified atom stereocenters. The maximum Gasteiger partial charge on any atom is 0.354 e. The molecular weight excluding hydrogens is 508 g/mol. The number of carboxylic acid groups (broad SMARTS) is 1. The van der Waals surface area contributed by atoms with E-state index < -0.39 is 30.6 Å². The van der Waals surface area contributed by atoms with Gasteiger partial charge in [0.05, 0.1) is 27.0 Å². The third kappa shape index (κ3) is 5.98. The van der Waals surface area contributed by atoms with Crippen LogP contribution in [0.4, 0.5) is 14.6 Å². The molecular formula is C28H35F2N5O4. The lowest BCUT2D eigenvalue weighted by molar-refractivity contribution is -0.116. The summed E-state index contributed by atoms with van der Waals surface area (Å²) in [6.45, 7) is 1.65. The number of anilines is 1. The van der Waals surface area contributed by atoms with Crippen LogP contribution in [0.25, 0.3) is 10.9 Å². The average molecular weight is 544 g/mol. The molecule has 1 aromatic carbocycles. The van der Waals surface area contributed by atoms with Gasteiger partial charge in [0.15, 0.2) is 5.69 Å². The minimum absolute atomic E-state index is 0.193. The molecule has 0 radical (unpaired) electrons. The van der Waals surface area contributed by atoms with Crippen molar-refractivity contribution >= 4 is 28.6 Å². The van der Waals surface area contributed by atoms with Gasteiger partial charge in [-0.15, -0.1) is 0 Å². The van der Waals surface area contributed by atoms with Crippen LogP contribution in [0.15, 0.2) is 30.5 Å². The first-order valence-corrected chi connectivity index (χ1v) is 13.0. The number of ether oxygens (including phenoxy) is 1. The van der Waals surface area contributed by atoms with Crippen LogP contribution in [-0.2, 0) is 11.3 Å². The zero-order valence-corrected chi connectivity index (χ0v) is 22.2. The summed E-state index contributed by atoms with van der Waals surface area (Å²) >= 11 is 0. The highest BCUT2D eigenvalue weighted by atomic mass is 19.1. The number of H-pyrrole nitrogens is 1. The predicted molar refractivity (Wildman–Crippen MR) is 144 cm³/mol. The smallest absolute Gasteiger partial charge is 0.354 e. The largest absolute Gasteiger partial charge is 0.496 e. The number of nitrogens with two attached hydrogens (primary N) is 1. The Morgan fingerprint density at radius 3 is 2.67 bits per heavy atom. The number of carbonyl (C=O) groups is 2. The molecule has 0 spiro atoms. The highest BCUT2D eigenvalue weighted by molar-refractivity contribution is 5.88. The van der Waals surface area contributed by atoms with Crippen molar-refractivity contribution in [1.29, 1.82) is 0 Å². The second-order valence-electron chi connectivity index (χ2n) is 10.2. The van der Waals surface area contributed by atoms with E-state index in [4.69, 9.17) is 10.5 Å². The van der Waals surface area contributed by atoms with Crippen LogP contribution in [0.3, 0.4) is 0 Å². The Morgan fingerprint density at radius 1 is 1.28 bits per heavy atom. The molecule has 5 N–H and O–H groups in total. The number of hydrogen-bond acceptors (Lipinski definition) is 6. The molecule has 0 saturated carbocycles. The number of hydrogen-bond donors (Lipinski definition) is 4. The van der Waals surface area contributed by atoms with E-state index in [0.717, 1.165) is 27.8 Å². The molecule has 11 heteroatoms. The number of alkyl halides is 2. The number of likely N-dealkylation sites (tertiary alicyclic amines) is 1. The minimum Gasteiger partial charge on any atom is -0.496 e. The van der Waals surface area contributed by atoms with E-state index in [0.29, 0.717) is 31.5 Å². The molecule has 1 amide bonds. The molecule has 1 aliphatic rings. The van der Waals surface area contributed by atoms with Crippen molar-refractivity contribution in [3.8, 4) is 5.75 Å². The number of amides is 1. The Labute approximate surface area is 225 Å². The zero-order chi connectivity index (χ0) is 28.2. The number of fused-ring (bicyclic) bond motifs is 1. The van der Waals surface area contributed by atoms with Gasteiger partial charge in [-0.25, -0.2) is 9.78 Å². The number of benzene rings is 1. The van der Waals surface area contributed by atoms with Crippen molar-refractivity contribution in [2.24, 2.45) is 11.1 Å². The summed E-state index contributed by atoms with van der Waals surface area (Å²) < 4.78 is 33.2. The van der Waals surface area contributed by atoms with Gasteiger partial charge in [0.1, 0.15) is 11.6 Å². The van der Waals surface area contributed by atoms with Crippen LogP contribution in [0.5, 0.6) is 5.75 Å². The van der Waals surface area contributed by atoms with Gasteiger partial charge in [0.2, 0.25) is 5.91 Å². The summed E-state index contributed by atoms with van der Waals surface area (Å²) in [5, 5.41) is 13.4. The SMILES string of the molecule is COc1cc(C)c2[nH]ccc2c1CN1CCC(CCF)(CCF)C[C@@H]1c1ccc(C(=O)O)nc1NCC(N)=O. The molecule has 0 bridgehead atoms. The van der Waals surface area contributed by atoms with E-state index in [9.17, 15) is 23.5 Å². The van der Waals surface area contributed by atoms with Crippen molar-refractivity contribution in [2.75, 3.05) is 38.9 Å². The Bertz CT molecular complexity index is 1340. The van der Waals surface area contributed by atoms with E-state index in [1.807, 2.05) is 25.3 Å². The van der Waals surface area contributed by atoms with Crippen LogP contribution in [-0.4, -0.2) is 65.4 Å². The number of aromatic carboxylic acids is 1.